The standard InChI is InChI=1S/C22H29N3O3S/c1-16-15-29-21(23-16)14-22(26)25-11-9-24(10-12-25)17-7-8-19(27-2)20(13-17)28-18-5-3-4-6-18/h7-8,13,15,18H,3-6,9-12,14H2,1-2H3. The van der Waals surface area contributed by atoms with Crippen LogP contribution in [0, 0.1) is 6.92 Å². The summed E-state index contributed by atoms with van der Waals surface area (Å²) in [6.45, 7) is 5.06. The second-order valence-electron chi connectivity index (χ2n) is 7.79. The number of anilines is 1. The smallest absolute Gasteiger partial charge is 0.229 e. The number of carbonyl (C=O) groups is 1. The van der Waals surface area contributed by atoms with Gasteiger partial charge in [0.1, 0.15) is 5.01 Å². The van der Waals surface area contributed by atoms with Gasteiger partial charge in [-0.15, -0.1) is 11.3 Å². The first-order valence-corrected chi connectivity index (χ1v) is 11.3. The minimum atomic E-state index is 0.166. The molecule has 2 aliphatic rings. The molecule has 2 fully saturated rings. The van der Waals surface area contributed by atoms with E-state index < -0.39 is 0 Å². The second-order valence-corrected chi connectivity index (χ2v) is 8.73. The molecule has 6 nitrogen and oxygen atoms in total. The Morgan fingerprint density at radius 2 is 1.93 bits per heavy atom. The number of aryl methyl sites for hydroxylation is 1. The van der Waals surface area contributed by atoms with Gasteiger partial charge in [-0.25, -0.2) is 4.98 Å². The molecule has 1 saturated carbocycles. The maximum Gasteiger partial charge on any atom is 0.229 e. The fourth-order valence-electron chi connectivity index (χ4n) is 4.08. The van der Waals surface area contributed by atoms with Crippen LogP contribution in [0.5, 0.6) is 11.5 Å². The van der Waals surface area contributed by atoms with E-state index in [2.05, 4.69) is 22.0 Å². The highest BCUT2D eigenvalue weighted by atomic mass is 32.1. The highest BCUT2D eigenvalue weighted by molar-refractivity contribution is 7.09. The van der Waals surface area contributed by atoms with Crippen molar-refractivity contribution in [3.8, 4) is 11.5 Å². The van der Waals surface area contributed by atoms with Gasteiger partial charge in [0.15, 0.2) is 11.5 Å². The Balaban J connectivity index is 1.36. The third-order valence-corrected chi connectivity index (χ3v) is 6.68. The van der Waals surface area contributed by atoms with E-state index in [0.717, 1.165) is 66.9 Å². The number of amides is 1. The first-order chi connectivity index (χ1) is 14.1. The number of thiazole rings is 1. The number of benzene rings is 1. The molecule has 2 aromatic rings. The van der Waals surface area contributed by atoms with Crippen LogP contribution in [0.15, 0.2) is 23.6 Å². The molecule has 0 atom stereocenters. The van der Waals surface area contributed by atoms with Crippen molar-refractivity contribution >= 4 is 22.9 Å². The average molecular weight is 416 g/mol. The number of methoxy groups -OCH3 is 1. The number of nitrogens with zero attached hydrogens (tertiary/aromatic N) is 3. The number of aromatic nitrogens is 1. The molecule has 1 saturated heterocycles. The number of rotatable bonds is 6. The fraction of sp³-hybridized carbons (Fsp3) is 0.545. The molecule has 2 heterocycles. The normalized spacial score (nSPS) is 17.6. The van der Waals surface area contributed by atoms with E-state index in [0.29, 0.717) is 12.5 Å². The van der Waals surface area contributed by atoms with Crippen molar-refractivity contribution in [2.24, 2.45) is 0 Å². The van der Waals surface area contributed by atoms with Crippen LogP contribution in [0.25, 0.3) is 0 Å². The van der Waals surface area contributed by atoms with Crippen molar-refractivity contribution in [1.82, 2.24) is 9.88 Å². The lowest BCUT2D eigenvalue weighted by Crippen LogP contribution is -2.49. The summed E-state index contributed by atoms with van der Waals surface area (Å²) in [5.74, 6) is 1.78. The second kappa shape index (κ2) is 9.03. The predicted molar refractivity (Wildman–Crippen MR) is 115 cm³/mol. The van der Waals surface area contributed by atoms with Gasteiger partial charge in [0.2, 0.25) is 5.91 Å². The van der Waals surface area contributed by atoms with Crippen molar-refractivity contribution in [2.75, 3.05) is 38.2 Å². The lowest BCUT2D eigenvalue weighted by atomic mass is 10.2. The van der Waals surface area contributed by atoms with Gasteiger partial charge in [0, 0.05) is 49.0 Å². The molecule has 1 aromatic heterocycles. The highest BCUT2D eigenvalue weighted by Gasteiger charge is 2.24. The van der Waals surface area contributed by atoms with Crippen molar-refractivity contribution < 1.29 is 14.3 Å². The molecule has 1 aromatic carbocycles. The van der Waals surface area contributed by atoms with E-state index in [-0.39, 0.29) is 5.91 Å². The summed E-state index contributed by atoms with van der Waals surface area (Å²) in [7, 11) is 1.69. The highest BCUT2D eigenvalue weighted by Crippen LogP contribution is 2.35. The van der Waals surface area contributed by atoms with E-state index in [1.54, 1.807) is 18.4 Å². The largest absolute Gasteiger partial charge is 0.493 e. The SMILES string of the molecule is COc1ccc(N2CCN(C(=O)Cc3nc(C)cs3)CC2)cc1OC1CCCC1. The van der Waals surface area contributed by atoms with Gasteiger partial charge in [-0.05, 0) is 44.7 Å². The molecule has 4 rings (SSSR count). The topological polar surface area (TPSA) is 54.9 Å². The molecule has 1 aliphatic carbocycles. The molecular weight excluding hydrogens is 386 g/mol. The molecular formula is C22H29N3O3S. The molecule has 1 aliphatic heterocycles. The van der Waals surface area contributed by atoms with Gasteiger partial charge >= 0.3 is 0 Å². The van der Waals surface area contributed by atoms with Crippen LogP contribution in [0.2, 0.25) is 0 Å². The van der Waals surface area contributed by atoms with Gasteiger partial charge in [0.05, 0.1) is 19.6 Å². The van der Waals surface area contributed by atoms with E-state index in [1.807, 2.05) is 23.3 Å². The van der Waals surface area contributed by atoms with E-state index >= 15 is 0 Å². The summed E-state index contributed by atoms with van der Waals surface area (Å²) in [6.07, 6.45) is 5.41. The first-order valence-electron chi connectivity index (χ1n) is 10.4. The van der Waals surface area contributed by atoms with Gasteiger partial charge in [0.25, 0.3) is 0 Å². The monoisotopic (exact) mass is 415 g/mol. The summed E-state index contributed by atoms with van der Waals surface area (Å²) in [4.78, 5) is 21.3. The third-order valence-electron chi connectivity index (χ3n) is 5.71. The van der Waals surface area contributed by atoms with Crippen molar-refractivity contribution in [1.29, 1.82) is 0 Å². The van der Waals surface area contributed by atoms with Crippen molar-refractivity contribution in [3.05, 3.63) is 34.3 Å². The molecule has 29 heavy (non-hydrogen) atoms. The van der Waals surface area contributed by atoms with Gasteiger partial charge < -0.3 is 19.3 Å². The fourth-order valence-corrected chi connectivity index (χ4v) is 4.84. The lowest BCUT2D eigenvalue weighted by molar-refractivity contribution is -0.130. The Morgan fingerprint density at radius 1 is 1.17 bits per heavy atom. The Bertz CT molecular complexity index is 840. The molecule has 0 N–H and O–H groups in total. The number of hydrogen-bond donors (Lipinski definition) is 0. The molecule has 156 valence electrons. The predicted octanol–water partition coefficient (Wildman–Crippen LogP) is 3.67. The van der Waals surface area contributed by atoms with Crippen LogP contribution in [0.1, 0.15) is 36.4 Å². The quantitative estimate of drug-likeness (QED) is 0.721. The molecule has 0 spiro atoms. The maximum atomic E-state index is 12.6. The third kappa shape index (κ3) is 4.83. The minimum Gasteiger partial charge on any atom is -0.493 e. The Labute approximate surface area is 176 Å². The molecule has 7 heteroatoms. The zero-order chi connectivity index (χ0) is 20.2. The summed E-state index contributed by atoms with van der Waals surface area (Å²) >= 11 is 1.56. The van der Waals surface area contributed by atoms with Crippen molar-refractivity contribution in [3.63, 3.8) is 0 Å². The zero-order valence-electron chi connectivity index (χ0n) is 17.2. The van der Waals surface area contributed by atoms with Crippen LogP contribution < -0.4 is 14.4 Å². The average Bonchev–Trinajstić information content (AvgIpc) is 3.39. The number of carbonyl (C=O) groups excluding carboxylic acids is 1. The Morgan fingerprint density at radius 3 is 2.59 bits per heavy atom. The summed E-state index contributed by atoms with van der Waals surface area (Å²) < 4.78 is 11.7. The molecule has 0 bridgehead atoms. The first kappa shape index (κ1) is 20.0. The Kier molecular flexibility index (Phi) is 6.23. The van der Waals surface area contributed by atoms with Gasteiger partial charge in [-0.2, -0.15) is 0 Å². The van der Waals surface area contributed by atoms with E-state index in [1.165, 1.54) is 12.8 Å². The van der Waals surface area contributed by atoms with Crippen LogP contribution in [0.4, 0.5) is 5.69 Å². The minimum absolute atomic E-state index is 0.166. The summed E-state index contributed by atoms with van der Waals surface area (Å²) in [5.41, 5.74) is 2.11. The zero-order valence-corrected chi connectivity index (χ0v) is 18.0. The molecule has 0 unspecified atom stereocenters. The van der Waals surface area contributed by atoms with Gasteiger partial charge in [-0.1, -0.05) is 0 Å². The molecule has 0 radical (unpaired) electrons. The van der Waals surface area contributed by atoms with Crippen LogP contribution in [-0.2, 0) is 11.2 Å². The molecule has 1 amide bonds. The van der Waals surface area contributed by atoms with Crippen LogP contribution in [0.3, 0.4) is 0 Å². The number of ether oxygens (including phenoxy) is 2. The maximum absolute atomic E-state index is 12.6. The van der Waals surface area contributed by atoms with Crippen LogP contribution in [-0.4, -0.2) is 55.2 Å². The lowest BCUT2D eigenvalue weighted by Gasteiger charge is -2.36. The van der Waals surface area contributed by atoms with E-state index in [4.69, 9.17) is 9.47 Å². The number of piperazine rings is 1. The summed E-state index contributed by atoms with van der Waals surface area (Å²) in [6, 6.07) is 6.16. The van der Waals surface area contributed by atoms with Crippen molar-refractivity contribution in [2.45, 2.75) is 45.1 Å². The number of hydrogen-bond acceptors (Lipinski definition) is 6. The van der Waals surface area contributed by atoms with Gasteiger partial charge in [-0.3, -0.25) is 4.79 Å². The van der Waals surface area contributed by atoms with Crippen LogP contribution >= 0.6 is 11.3 Å². The summed E-state index contributed by atoms with van der Waals surface area (Å²) in [5, 5.41) is 2.90. The van der Waals surface area contributed by atoms with E-state index in [9.17, 15) is 4.79 Å². The Hall–Kier alpha value is -2.28.